The van der Waals surface area contributed by atoms with E-state index in [9.17, 15) is 0 Å². The molecule has 14 heavy (non-hydrogen) atoms. The van der Waals surface area contributed by atoms with E-state index >= 15 is 0 Å². The molecule has 0 saturated carbocycles. The Morgan fingerprint density at radius 3 is 2.50 bits per heavy atom. The van der Waals surface area contributed by atoms with E-state index in [-0.39, 0.29) is 0 Å². The molecule has 0 saturated heterocycles. The monoisotopic (exact) mass is 190 g/mol. The van der Waals surface area contributed by atoms with Gasteiger partial charge in [-0.3, -0.25) is 4.98 Å². The average Bonchev–Trinajstić information content (AvgIpc) is 2.15. The Kier molecular flexibility index (Phi) is 3.69. The number of pyridine rings is 1. The number of hydrogen-bond donors (Lipinski definition) is 0. The Morgan fingerprint density at radius 1 is 1.36 bits per heavy atom. The third-order valence-electron chi connectivity index (χ3n) is 1.98. The van der Waals surface area contributed by atoms with Gasteiger partial charge in [0.05, 0.1) is 5.69 Å². The van der Waals surface area contributed by atoms with Gasteiger partial charge in [-0.1, -0.05) is 19.9 Å². The summed E-state index contributed by atoms with van der Waals surface area (Å²) in [7, 11) is 4.07. The Hall–Kier alpha value is -1.31. The molecule has 2 heteroatoms. The van der Waals surface area contributed by atoms with Crippen molar-refractivity contribution in [3.05, 3.63) is 36.3 Å². The molecular formula is C12H18N2. The highest BCUT2D eigenvalue weighted by Gasteiger charge is 2.07. The van der Waals surface area contributed by atoms with Crippen LogP contribution in [0.4, 0.5) is 0 Å². The van der Waals surface area contributed by atoms with Gasteiger partial charge >= 0.3 is 0 Å². The smallest absolute Gasteiger partial charge is 0.0678 e. The van der Waals surface area contributed by atoms with Crippen LogP contribution in [0.5, 0.6) is 0 Å². The molecule has 0 aliphatic rings. The fourth-order valence-corrected chi connectivity index (χ4v) is 1.32. The van der Waals surface area contributed by atoms with Gasteiger partial charge in [-0.2, -0.15) is 0 Å². The molecule has 1 heterocycles. The van der Waals surface area contributed by atoms with Crippen molar-refractivity contribution in [1.29, 1.82) is 0 Å². The largest absolute Gasteiger partial charge is 0.383 e. The van der Waals surface area contributed by atoms with Crippen LogP contribution in [0.2, 0.25) is 0 Å². The maximum atomic E-state index is 4.36. The maximum absolute atomic E-state index is 4.36. The van der Waals surface area contributed by atoms with Crippen molar-refractivity contribution >= 4 is 5.57 Å². The molecule has 0 amide bonds. The molecule has 0 fully saturated rings. The van der Waals surface area contributed by atoms with Crippen LogP contribution in [0, 0.1) is 5.92 Å². The first-order valence-corrected chi connectivity index (χ1v) is 4.91. The van der Waals surface area contributed by atoms with Crippen LogP contribution in [0.1, 0.15) is 19.5 Å². The van der Waals surface area contributed by atoms with E-state index in [2.05, 4.69) is 36.0 Å². The van der Waals surface area contributed by atoms with E-state index < -0.39 is 0 Å². The van der Waals surface area contributed by atoms with Crippen molar-refractivity contribution in [1.82, 2.24) is 9.88 Å². The fourth-order valence-electron chi connectivity index (χ4n) is 1.32. The second-order valence-electron chi connectivity index (χ2n) is 3.92. The van der Waals surface area contributed by atoms with Gasteiger partial charge in [0.1, 0.15) is 0 Å². The lowest BCUT2D eigenvalue weighted by atomic mass is 10.0. The maximum Gasteiger partial charge on any atom is 0.0678 e. The van der Waals surface area contributed by atoms with E-state index in [1.165, 1.54) is 5.57 Å². The molecule has 2 nitrogen and oxygen atoms in total. The second-order valence-corrected chi connectivity index (χ2v) is 3.92. The van der Waals surface area contributed by atoms with Crippen LogP contribution in [0.25, 0.3) is 5.57 Å². The van der Waals surface area contributed by atoms with Crippen LogP contribution in [0.15, 0.2) is 30.6 Å². The molecule has 1 rings (SSSR count). The standard InChI is InChI=1S/C12H18N2/c1-10(2)11(9-14(3)4)12-7-5-6-8-13-12/h5-10H,1-4H3/b11-9-. The zero-order chi connectivity index (χ0) is 10.6. The Bertz CT molecular complexity index is 299. The minimum Gasteiger partial charge on any atom is -0.383 e. The first-order valence-electron chi connectivity index (χ1n) is 4.91. The van der Waals surface area contributed by atoms with Crippen LogP contribution in [-0.4, -0.2) is 24.0 Å². The third-order valence-corrected chi connectivity index (χ3v) is 1.98. The SMILES string of the molecule is CC(C)/C(=C/N(C)C)c1ccccn1. The molecule has 0 N–H and O–H groups in total. The summed E-state index contributed by atoms with van der Waals surface area (Å²) >= 11 is 0. The molecule has 1 aromatic heterocycles. The zero-order valence-corrected chi connectivity index (χ0v) is 9.36. The lowest BCUT2D eigenvalue weighted by Gasteiger charge is -2.14. The Morgan fingerprint density at radius 2 is 2.07 bits per heavy atom. The minimum absolute atomic E-state index is 0.493. The quantitative estimate of drug-likeness (QED) is 0.728. The van der Waals surface area contributed by atoms with Gasteiger partial charge in [-0.15, -0.1) is 0 Å². The summed E-state index contributed by atoms with van der Waals surface area (Å²) in [6, 6.07) is 6.01. The minimum atomic E-state index is 0.493. The van der Waals surface area contributed by atoms with Gasteiger partial charge in [0.25, 0.3) is 0 Å². The first kappa shape index (κ1) is 10.8. The van der Waals surface area contributed by atoms with Gasteiger partial charge in [-0.05, 0) is 23.6 Å². The highest BCUT2D eigenvalue weighted by molar-refractivity contribution is 5.63. The third kappa shape index (κ3) is 2.87. The first-order chi connectivity index (χ1) is 6.61. The molecule has 0 aromatic carbocycles. The number of nitrogens with zero attached hydrogens (tertiary/aromatic N) is 2. The zero-order valence-electron chi connectivity index (χ0n) is 9.36. The summed E-state index contributed by atoms with van der Waals surface area (Å²) in [5, 5.41) is 0. The molecule has 0 unspecified atom stereocenters. The van der Waals surface area contributed by atoms with Crippen molar-refractivity contribution in [2.45, 2.75) is 13.8 Å². The van der Waals surface area contributed by atoms with Crippen molar-refractivity contribution in [2.24, 2.45) is 5.92 Å². The summed E-state index contributed by atoms with van der Waals surface area (Å²) in [4.78, 5) is 6.42. The lowest BCUT2D eigenvalue weighted by molar-refractivity contribution is 0.560. The summed E-state index contributed by atoms with van der Waals surface area (Å²) in [6.07, 6.45) is 3.97. The van der Waals surface area contributed by atoms with Gasteiger partial charge in [0.2, 0.25) is 0 Å². The van der Waals surface area contributed by atoms with Gasteiger partial charge in [0, 0.05) is 26.5 Å². The Balaban J connectivity index is 3.01. The fraction of sp³-hybridized carbons (Fsp3) is 0.417. The highest BCUT2D eigenvalue weighted by atomic mass is 15.0. The van der Waals surface area contributed by atoms with Crippen LogP contribution >= 0.6 is 0 Å². The van der Waals surface area contributed by atoms with E-state index in [1.807, 2.05) is 32.4 Å². The van der Waals surface area contributed by atoms with Crippen molar-refractivity contribution < 1.29 is 0 Å². The molecule has 0 radical (unpaired) electrons. The summed E-state index contributed by atoms with van der Waals surface area (Å²) < 4.78 is 0. The van der Waals surface area contributed by atoms with Crippen molar-refractivity contribution in [3.63, 3.8) is 0 Å². The van der Waals surface area contributed by atoms with Crippen LogP contribution in [-0.2, 0) is 0 Å². The van der Waals surface area contributed by atoms with E-state index in [4.69, 9.17) is 0 Å². The van der Waals surface area contributed by atoms with Crippen molar-refractivity contribution in [2.75, 3.05) is 14.1 Å². The normalized spacial score (nSPS) is 11.9. The molecule has 0 spiro atoms. The average molecular weight is 190 g/mol. The molecular weight excluding hydrogens is 172 g/mol. The summed E-state index contributed by atoms with van der Waals surface area (Å²) in [5.74, 6) is 0.493. The van der Waals surface area contributed by atoms with Gasteiger partial charge < -0.3 is 4.90 Å². The predicted octanol–water partition coefficient (Wildman–Crippen LogP) is 2.64. The van der Waals surface area contributed by atoms with Gasteiger partial charge in [-0.25, -0.2) is 0 Å². The summed E-state index contributed by atoms with van der Waals surface area (Å²) in [5.41, 5.74) is 2.34. The second kappa shape index (κ2) is 4.80. The molecule has 76 valence electrons. The molecule has 0 aliphatic heterocycles. The topological polar surface area (TPSA) is 16.1 Å². The van der Waals surface area contributed by atoms with Crippen LogP contribution < -0.4 is 0 Å². The molecule has 0 aliphatic carbocycles. The predicted molar refractivity (Wildman–Crippen MR) is 60.7 cm³/mol. The van der Waals surface area contributed by atoms with Crippen molar-refractivity contribution in [3.8, 4) is 0 Å². The molecule has 0 bridgehead atoms. The van der Waals surface area contributed by atoms with E-state index in [0.29, 0.717) is 5.92 Å². The molecule has 1 aromatic rings. The number of allylic oxidation sites excluding steroid dienone is 1. The molecule has 0 atom stereocenters. The lowest BCUT2D eigenvalue weighted by Crippen LogP contribution is -2.06. The van der Waals surface area contributed by atoms with E-state index in [1.54, 1.807) is 0 Å². The number of hydrogen-bond acceptors (Lipinski definition) is 2. The summed E-state index contributed by atoms with van der Waals surface area (Å²) in [6.45, 7) is 4.37. The van der Waals surface area contributed by atoms with Gasteiger partial charge in [0.15, 0.2) is 0 Å². The van der Waals surface area contributed by atoms with Crippen LogP contribution in [0.3, 0.4) is 0 Å². The highest BCUT2D eigenvalue weighted by Crippen LogP contribution is 2.20. The number of rotatable bonds is 3. The Labute approximate surface area is 86.3 Å². The number of aromatic nitrogens is 1. The van der Waals surface area contributed by atoms with E-state index in [0.717, 1.165) is 5.69 Å².